The highest BCUT2D eigenvalue weighted by atomic mass is 35.5. The predicted octanol–water partition coefficient (Wildman–Crippen LogP) is 3.67. The van der Waals surface area contributed by atoms with Gasteiger partial charge in [-0.25, -0.2) is 0 Å². The van der Waals surface area contributed by atoms with Crippen LogP contribution in [0.1, 0.15) is 46.0 Å². The van der Waals surface area contributed by atoms with Gasteiger partial charge in [0.05, 0.1) is 0 Å². The van der Waals surface area contributed by atoms with Crippen molar-refractivity contribution in [3.8, 4) is 0 Å². The fourth-order valence-corrected chi connectivity index (χ4v) is 2.82. The number of nitrogens with one attached hydrogen (secondary N) is 1. The summed E-state index contributed by atoms with van der Waals surface area (Å²) in [6, 6.07) is 0. The SMILES string of the molecule is CCC(C)CNCC1CCCCC1CCl. The standard InChI is InChI=1S/C13H26ClN/c1-3-11(2)9-15-10-13-7-5-4-6-12(13)8-14/h11-13,15H,3-10H2,1-2H3. The molecule has 0 amide bonds. The maximum absolute atomic E-state index is 6.02. The lowest BCUT2D eigenvalue weighted by Gasteiger charge is -2.30. The van der Waals surface area contributed by atoms with Crippen molar-refractivity contribution in [3.63, 3.8) is 0 Å². The number of rotatable bonds is 6. The van der Waals surface area contributed by atoms with E-state index in [4.69, 9.17) is 11.6 Å². The van der Waals surface area contributed by atoms with Crippen molar-refractivity contribution in [2.45, 2.75) is 46.0 Å². The van der Waals surface area contributed by atoms with Crippen molar-refractivity contribution in [1.82, 2.24) is 5.32 Å². The smallest absolute Gasteiger partial charge is 0.0254 e. The van der Waals surface area contributed by atoms with Crippen molar-refractivity contribution >= 4 is 11.6 Å². The van der Waals surface area contributed by atoms with Gasteiger partial charge in [-0.3, -0.25) is 0 Å². The van der Waals surface area contributed by atoms with Crippen molar-refractivity contribution in [3.05, 3.63) is 0 Å². The monoisotopic (exact) mass is 231 g/mol. The molecule has 1 fully saturated rings. The third kappa shape index (κ3) is 4.74. The van der Waals surface area contributed by atoms with Crippen LogP contribution >= 0.6 is 11.6 Å². The minimum atomic E-state index is 0.768. The molecular weight excluding hydrogens is 206 g/mol. The fraction of sp³-hybridized carbons (Fsp3) is 1.00. The Kier molecular flexibility index (Phi) is 6.67. The lowest BCUT2D eigenvalue weighted by atomic mass is 9.80. The highest BCUT2D eigenvalue weighted by molar-refractivity contribution is 6.18. The van der Waals surface area contributed by atoms with Crippen molar-refractivity contribution < 1.29 is 0 Å². The molecule has 0 spiro atoms. The summed E-state index contributed by atoms with van der Waals surface area (Å²) in [4.78, 5) is 0. The zero-order valence-corrected chi connectivity index (χ0v) is 11.0. The van der Waals surface area contributed by atoms with Gasteiger partial charge in [0.25, 0.3) is 0 Å². The van der Waals surface area contributed by atoms with Gasteiger partial charge in [-0.15, -0.1) is 11.6 Å². The van der Waals surface area contributed by atoms with Crippen molar-refractivity contribution in [1.29, 1.82) is 0 Å². The average Bonchev–Trinajstić information content (AvgIpc) is 2.29. The summed E-state index contributed by atoms with van der Waals surface area (Å²) in [6.07, 6.45) is 6.79. The van der Waals surface area contributed by atoms with Gasteiger partial charge >= 0.3 is 0 Å². The molecule has 3 unspecified atom stereocenters. The Morgan fingerprint density at radius 3 is 2.53 bits per heavy atom. The first-order valence-electron chi connectivity index (χ1n) is 6.54. The predicted molar refractivity (Wildman–Crippen MR) is 68.5 cm³/mol. The Bertz CT molecular complexity index is 161. The van der Waals surface area contributed by atoms with Crippen LogP contribution in [0.15, 0.2) is 0 Å². The number of halogens is 1. The van der Waals surface area contributed by atoms with E-state index in [1.165, 1.54) is 45.2 Å². The van der Waals surface area contributed by atoms with Crippen molar-refractivity contribution in [2.75, 3.05) is 19.0 Å². The van der Waals surface area contributed by atoms with Crippen LogP contribution in [0.25, 0.3) is 0 Å². The molecule has 90 valence electrons. The Hall–Kier alpha value is 0.250. The van der Waals surface area contributed by atoms with E-state index in [1.54, 1.807) is 0 Å². The molecule has 1 aliphatic carbocycles. The average molecular weight is 232 g/mol. The molecule has 0 aromatic carbocycles. The maximum Gasteiger partial charge on any atom is 0.0254 e. The first kappa shape index (κ1) is 13.3. The zero-order valence-electron chi connectivity index (χ0n) is 10.3. The van der Waals surface area contributed by atoms with Gasteiger partial charge in [-0.1, -0.05) is 33.1 Å². The molecule has 1 nitrogen and oxygen atoms in total. The van der Waals surface area contributed by atoms with Gasteiger partial charge in [0.2, 0.25) is 0 Å². The second-order valence-corrected chi connectivity index (χ2v) is 5.44. The summed E-state index contributed by atoms with van der Waals surface area (Å²) in [5.41, 5.74) is 0. The van der Waals surface area contributed by atoms with Crippen molar-refractivity contribution in [2.24, 2.45) is 17.8 Å². The number of alkyl halides is 1. The van der Waals surface area contributed by atoms with Gasteiger partial charge in [-0.05, 0) is 43.7 Å². The van der Waals surface area contributed by atoms with Crippen LogP contribution in [0.4, 0.5) is 0 Å². The molecule has 0 aromatic rings. The second-order valence-electron chi connectivity index (χ2n) is 5.13. The third-order valence-corrected chi connectivity index (χ3v) is 4.26. The molecule has 0 saturated heterocycles. The lowest BCUT2D eigenvalue weighted by molar-refractivity contribution is 0.248. The molecule has 1 saturated carbocycles. The summed E-state index contributed by atoms with van der Waals surface area (Å²) >= 11 is 6.02. The Morgan fingerprint density at radius 2 is 1.93 bits per heavy atom. The normalized spacial score (nSPS) is 29.0. The maximum atomic E-state index is 6.02. The zero-order chi connectivity index (χ0) is 11.1. The van der Waals surface area contributed by atoms with Crippen LogP contribution in [0.5, 0.6) is 0 Å². The van der Waals surface area contributed by atoms with Gasteiger partial charge in [0.15, 0.2) is 0 Å². The Morgan fingerprint density at radius 1 is 1.27 bits per heavy atom. The first-order chi connectivity index (χ1) is 7.27. The number of hydrogen-bond acceptors (Lipinski definition) is 1. The highest BCUT2D eigenvalue weighted by Crippen LogP contribution is 2.30. The van der Waals surface area contributed by atoms with Gasteiger partial charge < -0.3 is 5.32 Å². The van der Waals surface area contributed by atoms with Gasteiger partial charge in [-0.2, -0.15) is 0 Å². The van der Waals surface area contributed by atoms with E-state index in [9.17, 15) is 0 Å². The van der Waals surface area contributed by atoms with Crippen LogP contribution < -0.4 is 5.32 Å². The van der Waals surface area contributed by atoms with Crippen LogP contribution in [0, 0.1) is 17.8 Å². The minimum absolute atomic E-state index is 0.768. The topological polar surface area (TPSA) is 12.0 Å². The molecular formula is C13H26ClN. The number of hydrogen-bond donors (Lipinski definition) is 1. The van der Waals surface area contributed by atoms with E-state index in [0.717, 1.165) is 23.6 Å². The summed E-state index contributed by atoms with van der Waals surface area (Å²) in [5, 5.41) is 3.61. The highest BCUT2D eigenvalue weighted by Gasteiger charge is 2.23. The quantitative estimate of drug-likeness (QED) is 0.688. The molecule has 0 aliphatic heterocycles. The lowest BCUT2D eigenvalue weighted by Crippen LogP contribution is -2.33. The summed E-state index contributed by atoms with van der Waals surface area (Å²) in [6.45, 7) is 6.92. The molecule has 15 heavy (non-hydrogen) atoms. The van der Waals surface area contributed by atoms with Crippen LogP contribution in [-0.4, -0.2) is 19.0 Å². The summed E-state index contributed by atoms with van der Waals surface area (Å²) in [7, 11) is 0. The third-order valence-electron chi connectivity index (χ3n) is 3.86. The molecule has 0 aromatic heterocycles. The first-order valence-corrected chi connectivity index (χ1v) is 7.08. The Labute approximate surface area is 100.0 Å². The molecule has 1 N–H and O–H groups in total. The van der Waals surface area contributed by atoms with E-state index in [-0.39, 0.29) is 0 Å². The van der Waals surface area contributed by atoms with E-state index >= 15 is 0 Å². The van der Waals surface area contributed by atoms with Gasteiger partial charge in [0, 0.05) is 5.88 Å². The Balaban J connectivity index is 2.17. The molecule has 0 heterocycles. The summed E-state index contributed by atoms with van der Waals surface area (Å²) in [5.74, 6) is 3.27. The fourth-order valence-electron chi connectivity index (χ4n) is 2.42. The molecule has 1 aliphatic rings. The van der Waals surface area contributed by atoms with E-state index in [2.05, 4.69) is 19.2 Å². The summed E-state index contributed by atoms with van der Waals surface area (Å²) < 4.78 is 0. The largest absolute Gasteiger partial charge is 0.316 e. The van der Waals surface area contributed by atoms with Crippen LogP contribution in [-0.2, 0) is 0 Å². The van der Waals surface area contributed by atoms with E-state index in [0.29, 0.717) is 0 Å². The molecule has 2 heteroatoms. The molecule has 1 rings (SSSR count). The minimum Gasteiger partial charge on any atom is -0.316 e. The van der Waals surface area contributed by atoms with Crippen LogP contribution in [0.3, 0.4) is 0 Å². The molecule has 0 bridgehead atoms. The van der Waals surface area contributed by atoms with Gasteiger partial charge in [0.1, 0.15) is 0 Å². The molecule has 3 atom stereocenters. The van der Waals surface area contributed by atoms with E-state index < -0.39 is 0 Å². The van der Waals surface area contributed by atoms with E-state index in [1.807, 2.05) is 0 Å². The molecule has 0 radical (unpaired) electrons. The second kappa shape index (κ2) is 7.51. The van der Waals surface area contributed by atoms with Crippen LogP contribution in [0.2, 0.25) is 0 Å².